The van der Waals surface area contributed by atoms with Gasteiger partial charge in [0.25, 0.3) is 5.91 Å². The predicted octanol–water partition coefficient (Wildman–Crippen LogP) is 2.59. The van der Waals surface area contributed by atoms with Crippen LogP contribution in [0.4, 0.5) is 0 Å². The molecule has 1 saturated heterocycles. The number of nitrogens with zero attached hydrogens (tertiary/aromatic N) is 1. The number of nitrogens with one attached hydrogen (secondary N) is 1. The number of carbonyl (C=O) groups excluding carboxylic acids is 1. The van der Waals surface area contributed by atoms with Crippen LogP contribution in [0.1, 0.15) is 48.2 Å². The molecule has 1 N–H and O–H groups in total. The van der Waals surface area contributed by atoms with Crippen molar-refractivity contribution in [2.75, 3.05) is 13.1 Å². The Balaban J connectivity index is 1.83. The topological polar surface area (TPSA) is 32.3 Å². The summed E-state index contributed by atoms with van der Waals surface area (Å²) in [6, 6.07) is 6.67. The van der Waals surface area contributed by atoms with Gasteiger partial charge in [-0.2, -0.15) is 0 Å². The highest BCUT2D eigenvalue weighted by Gasteiger charge is 2.31. The van der Waals surface area contributed by atoms with E-state index < -0.39 is 0 Å². The number of likely N-dealkylation sites (tertiary alicyclic amines) is 1. The van der Waals surface area contributed by atoms with Crippen LogP contribution in [0.25, 0.3) is 0 Å². The van der Waals surface area contributed by atoms with Gasteiger partial charge in [0, 0.05) is 24.7 Å². The molecule has 1 aromatic carbocycles. The van der Waals surface area contributed by atoms with E-state index in [9.17, 15) is 4.79 Å². The molecule has 2 aliphatic heterocycles. The van der Waals surface area contributed by atoms with Gasteiger partial charge in [-0.15, -0.1) is 0 Å². The smallest absolute Gasteiger partial charge is 0.254 e. The molecule has 2 aliphatic rings. The van der Waals surface area contributed by atoms with Gasteiger partial charge >= 0.3 is 0 Å². The first-order valence-electron chi connectivity index (χ1n) is 7.80. The van der Waals surface area contributed by atoms with Crippen molar-refractivity contribution < 1.29 is 4.79 Å². The van der Waals surface area contributed by atoms with E-state index in [4.69, 9.17) is 0 Å². The van der Waals surface area contributed by atoms with Crippen molar-refractivity contribution in [1.82, 2.24) is 10.2 Å². The largest absolute Gasteiger partial charge is 0.335 e. The molecular weight excluding hydrogens is 248 g/mol. The highest BCUT2D eigenvalue weighted by atomic mass is 16.2. The van der Waals surface area contributed by atoms with Gasteiger partial charge in [-0.3, -0.25) is 4.79 Å². The van der Waals surface area contributed by atoms with E-state index in [1.165, 1.54) is 11.1 Å². The quantitative estimate of drug-likeness (QED) is 0.897. The second-order valence-electron chi connectivity index (χ2n) is 6.36. The summed E-state index contributed by atoms with van der Waals surface area (Å²) in [5, 5.41) is 3.38. The van der Waals surface area contributed by atoms with E-state index in [0.29, 0.717) is 12.0 Å². The predicted molar refractivity (Wildman–Crippen MR) is 80.7 cm³/mol. The van der Waals surface area contributed by atoms with Crippen LogP contribution < -0.4 is 5.32 Å². The van der Waals surface area contributed by atoms with Crippen molar-refractivity contribution in [3.8, 4) is 0 Å². The third-order valence-electron chi connectivity index (χ3n) is 4.67. The van der Waals surface area contributed by atoms with Crippen LogP contribution in [0.15, 0.2) is 18.2 Å². The lowest BCUT2D eigenvalue weighted by Crippen LogP contribution is -2.38. The van der Waals surface area contributed by atoms with E-state index in [1.54, 1.807) is 0 Å². The lowest BCUT2D eigenvalue weighted by Gasteiger charge is -2.28. The molecule has 1 fully saturated rings. The summed E-state index contributed by atoms with van der Waals surface area (Å²) in [5.74, 6) is 0.760. The molecule has 2 heterocycles. The van der Waals surface area contributed by atoms with Crippen LogP contribution in [0, 0.1) is 5.92 Å². The highest BCUT2D eigenvalue weighted by molar-refractivity contribution is 5.95. The molecule has 1 aromatic rings. The Labute approximate surface area is 121 Å². The van der Waals surface area contributed by atoms with Crippen molar-refractivity contribution in [3.63, 3.8) is 0 Å². The minimum Gasteiger partial charge on any atom is -0.335 e. The molecule has 0 radical (unpaired) electrons. The van der Waals surface area contributed by atoms with Crippen molar-refractivity contribution in [3.05, 3.63) is 34.9 Å². The number of benzene rings is 1. The molecule has 0 aliphatic carbocycles. The maximum absolute atomic E-state index is 12.8. The van der Waals surface area contributed by atoms with Crippen LogP contribution in [-0.2, 0) is 13.0 Å². The number of hydrogen-bond acceptors (Lipinski definition) is 2. The molecule has 3 heteroatoms. The summed E-state index contributed by atoms with van der Waals surface area (Å²) in [4.78, 5) is 14.8. The zero-order valence-corrected chi connectivity index (χ0v) is 12.5. The molecule has 0 saturated carbocycles. The molecule has 3 rings (SSSR count). The van der Waals surface area contributed by atoms with Crippen LogP contribution in [0.2, 0.25) is 0 Å². The van der Waals surface area contributed by atoms with Crippen LogP contribution in [0.3, 0.4) is 0 Å². The van der Waals surface area contributed by atoms with Crippen molar-refractivity contribution in [2.24, 2.45) is 5.92 Å². The molecule has 20 heavy (non-hydrogen) atoms. The van der Waals surface area contributed by atoms with Gasteiger partial charge in [-0.1, -0.05) is 19.9 Å². The van der Waals surface area contributed by atoms with Crippen LogP contribution >= 0.6 is 0 Å². The second kappa shape index (κ2) is 5.57. The van der Waals surface area contributed by atoms with E-state index in [2.05, 4.69) is 36.2 Å². The van der Waals surface area contributed by atoms with Crippen molar-refractivity contribution >= 4 is 5.91 Å². The standard InChI is InChI=1S/C17H24N2O/c1-12(2)16-4-3-9-19(16)17(20)14-6-5-13-7-8-18-11-15(13)10-14/h5-6,10,12,16,18H,3-4,7-9,11H2,1-2H3. The number of rotatable bonds is 2. The third kappa shape index (κ3) is 2.47. The van der Waals surface area contributed by atoms with Gasteiger partial charge in [-0.25, -0.2) is 0 Å². The Hall–Kier alpha value is -1.35. The fourth-order valence-corrected chi connectivity index (χ4v) is 3.52. The molecule has 108 valence electrons. The Morgan fingerprint density at radius 1 is 1.35 bits per heavy atom. The average Bonchev–Trinajstić information content (AvgIpc) is 2.95. The minimum atomic E-state index is 0.217. The van der Waals surface area contributed by atoms with E-state index in [1.807, 2.05) is 6.07 Å². The summed E-state index contributed by atoms with van der Waals surface area (Å²) < 4.78 is 0. The van der Waals surface area contributed by atoms with Gasteiger partial charge in [0.05, 0.1) is 0 Å². The average molecular weight is 272 g/mol. The monoisotopic (exact) mass is 272 g/mol. The van der Waals surface area contributed by atoms with Crippen molar-refractivity contribution in [1.29, 1.82) is 0 Å². The zero-order chi connectivity index (χ0) is 14.1. The van der Waals surface area contributed by atoms with Gasteiger partial charge in [-0.05, 0) is 55.0 Å². The van der Waals surface area contributed by atoms with Gasteiger partial charge < -0.3 is 10.2 Å². The fraction of sp³-hybridized carbons (Fsp3) is 0.588. The van der Waals surface area contributed by atoms with Gasteiger partial charge in [0.2, 0.25) is 0 Å². The molecule has 0 bridgehead atoms. The first-order chi connectivity index (χ1) is 9.66. The summed E-state index contributed by atoms with van der Waals surface area (Å²) >= 11 is 0. The Bertz CT molecular complexity index is 510. The van der Waals surface area contributed by atoms with Crippen molar-refractivity contribution in [2.45, 2.75) is 45.7 Å². The number of amides is 1. The number of carbonyl (C=O) groups is 1. The minimum absolute atomic E-state index is 0.217. The normalized spacial score (nSPS) is 22.1. The summed E-state index contributed by atoms with van der Waals surface area (Å²) in [7, 11) is 0. The van der Waals surface area contributed by atoms with Gasteiger partial charge in [0.15, 0.2) is 0 Å². The van der Waals surface area contributed by atoms with Crippen LogP contribution in [-0.4, -0.2) is 29.9 Å². The SMILES string of the molecule is CC(C)C1CCCN1C(=O)c1ccc2c(c1)CNCC2. The Kier molecular flexibility index (Phi) is 3.79. The van der Waals surface area contributed by atoms with Crippen LogP contribution in [0.5, 0.6) is 0 Å². The summed E-state index contributed by atoms with van der Waals surface area (Å²) in [6.45, 7) is 7.28. The molecule has 3 nitrogen and oxygen atoms in total. The first kappa shape index (κ1) is 13.6. The fourth-order valence-electron chi connectivity index (χ4n) is 3.52. The highest BCUT2D eigenvalue weighted by Crippen LogP contribution is 2.26. The number of fused-ring (bicyclic) bond motifs is 1. The van der Waals surface area contributed by atoms with E-state index >= 15 is 0 Å². The van der Waals surface area contributed by atoms with E-state index in [0.717, 1.165) is 44.5 Å². The molecule has 0 spiro atoms. The molecule has 1 unspecified atom stereocenters. The lowest BCUT2D eigenvalue weighted by atomic mass is 9.97. The second-order valence-corrected chi connectivity index (χ2v) is 6.36. The summed E-state index contributed by atoms with van der Waals surface area (Å²) in [6.07, 6.45) is 3.36. The Morgan fingerprint density at radius 3 is 3.00 bits per heavy atom. The third-order valence-corrected chi connectivity index (χ3v) is 4.67. The maximum Gasteiger partial charge on any atom is 0.254 e. The Morgan fingerprint density at radius 2 is 2.20 bits per heavy atom. The summed E-state index contributed by atoms with van der Waals surface area (Å²) in [5.41, 5.74) is 3.55. The first-order valence-corrected chi connectivity index (χ1v) is 7.80. The lowest BCUT2D eigenvalue weighted by molar-refractivity contribution is 0.0701. The molecular formula is C17H24N2O. The van der Waals surface area contributed by atoms with E-state index in [-0.39, 0.29) is 5.91 Å². The number of hydrogen-bond donors (Lipinski definition) is 1. The molecule has 1 atom stereocenters. The maximum atomic E-state index is 12.8. The molecule has 1 amide bonds. The van der Waals surface area contributed by atoms with Gasteiger partial charge in [0.1, 0.15) is 0 Å². The molecule has 0 aromatic heterocycles. The zero-order valence-electron chi connectivity index (χ0n) is 12.5.